The molecule has 0 fully saturated rings. The fourth-order valence-electron chi connectivity index (χ4n) is 0.996. The van der Waals surface area contributed by atoms with E-state index in [4.69, 9.17) is 0 Å². The Morgan fingerprint density at radius 2 is 2.38 bits per heavy atom. The van der Waals surface area contributed by atoms with Gasteiger partial charge in [-0.1, -0.05) is 22.9 Å². The molecule has 0 spiro atoms. The fourth-order valence-corrected chi connectivity index (χ4v) is 1.20. The Morgan fingerprint density at radius 1 is 1.62 bits per heavy atom. The van der Waals surface area contributed by atoms with Gasteiger partial charge in [-0.25, -0.2) is 9.97 Å². The number of hydrogen-bond acceptors (Lipinski definition) is 3. The predicted octanol–water partition coefficient (Wildman–Crippen LogP) is 2.09. The van der Waals surface area contributed by atoms with Crippen LogP contribution in [0.1, 0.15) is 13.3 Å². The number of alkyl halides is 1. The number of aromatic nitrogens is 2. The quantitative estimate of drug-likeness (QED) is 0.759. The summed E-state index contributed by atoms with van der Waals surface area (Å²) in [6.45, 7) is 3.15. The third-order valence-electron chi connectivity index (χ3n) is 1.82. The van der Waals surface area contributed by atoms with Crippen molar-refractivity contribution in [2.45, 2.75) is 18.2 Å². The maximum absolute atomic E-state index is 4.16. The highest BCUT2D eigenvalue weighted by molar-refractivity contribution is 9.09. The first-order valence-corrected chi connectivity index (χ1v) is 5.23. The molecule has 0 saturated carbocycles. The van der Waals surface area contributed by atoms with Crippen LogP contribution in [-0.2, 0) is 0 Å². The van der Waals surface area contributed by atoms with Gasteiger partial charge in [-0.2, -0.15) is 0 Å². The van der Waals surface area contributed by atoms with E-state index in [0.717, 1.165) is 18.8 Å². The van der Waals surface area contributed by atoms with Crippen molar-refractivity contribution in [2.75, 3.05) is 18.5 Å². The average molecular weight is 244 g/mol. The monoisotopic (exact) mass is 243 g/mol. The minimum atomic E-state index is 0.553. The van der Waals surface area contributed by atoms with Crippen LogP contribution >= 0.6 is 15.9 Å². The summed E-state index contributed by atoms with van der Waals surface area (Å²) in [5.41, 5.74) is 0. The minimum Gasteiger partial charge on any atom is -0.360 e. The molecule has 0 aliphatic carbocycles. The van der Waals surface area contributed by atoms with Gasteiger partial charge in [0.15, 0.2) is 0 Å². The second-order valence-electron chi connectivity index (χ2n) is 3.06. The van der Waals surface area contributed by atoms with E-state index >= 15 is 0 Å². The van der Waals surface area contributed by atoms with Gasteiger partial charge in [-0.3, -0.25) is 0 Å². The smallest absolute Gasteiger partial charge is 0.131 e. The molecule has 1 heterocycles. The summed E-state index contributed by atoms with van der Waals surface area (Å²) in [7, 11) is 2.04. The summed E-state index contributed by atoms with van der Waals surface area (Å²) in [6, 6.07) is 1.92. The lowest BCUT2D eigenvalue weighted by Gasteiger charge is -2.18. The Balaban J connectivity index is 2.44. The second-order valence-corrected chi connectivity index (χ2v) is 4.62. The highest BCUT2D eigenvalue weighted by atomic mass is 79.9. The molecule has 0 amide bonds. The first-order valence-electron chi connectivity index (χ1n) is 4.31. The van der Waals surface area contributed by atoms with Crippen molar-refractivity contribution in [3.63, 3.8) is 0 Å². The van der Waals surface area contributed by atoms with Gasteiger partial charge in [0.05, 0.1) is 0 Å². The minimum absolute atomic E-state index is 0.553. The van der Waals surface area contributed by atoms with Crippen molar-refractivity contribution >= 4 is 21.7 Å². The van der Waals surface area contributed by atoms with E-state index in [1.807, 2.05) is 13.1 Å². The molecule has 13 heavy (non-hydrogen) atoms. The molecule has 0 radical (unpaired) electrons. The molecule has 0 aliphatic heterocycles. The number of hydrogen-bond donors (Lipinski definition) is 0. The largest absolute Gasteiger partial charge is 0.360 e. The van der Waals surface area contributed by atoms with Gasteiger partial charge in [-0.05, 0) is 12.5 Å². The molecule has 72 valence electrons. The average Bonchev–Trinajstić information content (AvgIpc) is 2.15. The zero-order valence-electron chi connectivity index (χ0n) is 7.94. The summed E-state index contributed by atoms with van der Waals surface area (Å²) >= 11 is 3.52. The molecular weight excluding hydrogens is 230 g/mol. The molecule has 0 N–H and O–H groups in total. The molecule has 0 saturated heterocycles. The van der Waals surface area contributed by atoms with E-state index in [2.05, 4.69) is 37.7 Å². The number of rotatable bonds is 4. The molecule has 1 aromatic heterocycles. The zero-order valence-corrected chi connectivity index (χ0v) is 9.53. The maximum Gasteiger partial charge on any atom is 0.131 e. The van der Waals surface area contributed by atoms with Crippen molar-refractivity contribution in [3.8, 4) is 0 Å². The molecule has 1 rings (SSSR count). The summed E-state index contributed by atoms with van der Waals surface area (Å²) < 4.78 is 0. The van der Waals surface area contributed by atoms with Crippen LogP contribution in [0.25, 0.3) is 0 Å². The van der Waals surface area contributed by atoms with Crippen molar-refractivity contribution in [1.29, 1.82) is 0 Å². The topological polar surface area (TPSA) is 29.0 Å². The Kier molecular flexibility index (Phi) is 4.15. The van der Waals surface area contributed by atoms with Gasteiger partial charge in [0.2, 0.25) is 0 Å². The number of anilines is 1. The van der Waals surface area contributed by atoms with Crippen LogP contribution in [0.4, 0.5) is 5.82 Å². The van der Waals surface area contributed by atoms with Gasteiger partial charge in [0, 0.05) is 24.6 Å². The Labute approximate surface area is 87.3 Å². The molecule has 0 aliphatic rings. The van der Waals surface area contributed by atoms with Crippen LogP contribution in [0.15, 0.2) is 18.6 Å². The summed E-state index contributed by atoms with van der Waals surface area (Å²) in [6.07, 6.45) is 4.44. The molecule has 1 aromatic rings. The first kappa shape index (κ1) is 10.4. The number of halogens is 1. The van der Waals surface area contributed by atoms with E-state index < -0.39 is 0 Å². The van der Waals surface area contributed by atoms with E-state index in [9.17, 15) is 0 Å². The molecule has 0 aromatic carbocycles. The molecule has 1 atom stereocenters. The number of nitrogens with zero attached hydrogens (tertiary/aromatic N) is 3. The van der Waals surface area contributed by atoms with Crippen molar-refractivity contribution in [2.24, 2.45) is 0 Å². The highest BCUT2D eigenvalue weighted by Crippen LogP contribution is 2.09. The molecule has 0 bridgehead atoms. The van der Waals surface area contributed by atoms with Crippen LogP contribution in [0.5, 0.6) is 0 Å². The van der Waals surface area contributed by atoms with E-state index in [0.29, 0.717) is 4.83 Å². The maximum atomic E-state index is 4.16. The van der Waals surface area contributed by atoms with Gasteiger partial charge in [0.1, 0.15) is 12.1 Å². The van der Waals surface area contributed by atoms with Crippen LogP contribution in [0, 0.1) is 0 Å². The van der Waals surface area contributed by atoms with Crippen molar-refractivity contribution in [3.05, 3.63) is 18.6 Å². The lowest BCUT2D eigenvalue weighted by Crippen LogP contribution is -2.21. The lowest BCUT2D eigenvalue weighted by molar-refractivity contribution is 0.777. The van der Waals surface area contributed by atoms with Crippen molar-refractivity contribution < 1.29 is 0 Å². The Morgan fingerprint density at radius 3 is 2.92 bits per heavy atom. The normalized spacial score (nSPS) is 12.5. The van der Waals surface area contributed by atoms with Gasteiger partial charge in [0.25, 0.3) is 0 Å². The molecule has 3 nitrogen and oxygen atoms in total. The van der Waals surface area contributed by atoms with E-state index in [1.54, 1.807) is 12.5 Å². The Hall–Kier alpha value is -0.640. The van der Waals surface area contributed by atoms with Gasteiger partial charge >= 0.3 is 0 Å². The zero-order chi connectivity index (χ0) is 9.68. The van der Waals surface area contributed by atoms with E-state index in [1.165, 1.54) is 0 Å². The predicted molar refractivity (Wildman–Crippen MR) is 58.3 cm³/mol. The summed E-state index contributed by atoms with van der Waals surface area (Å²) in [4.78, 5) is 10.7. The van der Waals surface area contributed by atoms with Crippen LogP contribution in [0.2, 0.25) is 0 Å². The first-order chi connectivity index (χ1) is 6.20. The van der Waals surface area contributed by atoms with E-state index in [-0.39, 0.29) is 0 Å². The molecule has 4 heteroatoms. The van der Waals surface area contributed by atoms with Gasteiger partial charge in [-0.15, -0.1) is 0 Å². The van der Waals surface area contributed by atoms with Crippen molar-refractivity contribution in [1.82, 2.24) is 9.97 Å². The standard InChI is InChI=1S/C9H14BrN3/c1-8(10)4-6-13(2)9-3-5-11-7-12-9/h3,5,7-8H,4,6H2,1-2H3. The second kappa shape index (κ2) is 5.17. The summed E-state index contributed by atoms with van der Waals surface area (Å²) in [5.74, 6) is 0.975. The van der Waals surface area contributed by atoms with Gasteiger partial charge < -0.3 is 4.90 Å². The summed E-state index contributed by atoms with van der Waals surface area (Å²) in [5, 5.41) is 0. The van der Waals surface area contributed by atoms with Crippen LogP contribution < -0.4 is 4.90 Å². The third kappa shape index (κ3) is 3.72. The SMILES string of the molecule is CC(Br)CCN(C)c1ccncn1. The van der Waals surface area contributed by atoms with Crippen LogP contribution in [-0.4, -0.2) is 28.4 Å². The molecule has 1 unspecified atom stereocenters. The van der Waals surface area contributed by atoms with Crippen LogP contribution in [0.3, 0.4) is 0 Å². The fraction of sp³-hybridized carbons (Fsp3) is 0.556. The third-order valence-corrected chi connectivity index (χ3v) is 2.28. The highest BCUT2D eigenvalue weighted by Gasteiger charge is 2.02. The Bertz CT molecular complexity index is 238. The molecular formula is C9H14BrN3. The lowest BCUT2D eigenvalue weighted by atomic mass is 10.3.